The first-order chi connectivity index (χ1) is 14.4. The first-order valence-corrected chi connectivity index (χ1v) is 9.43. The second-order valence-electron chi connectivity index (χ2n) is 6.66. The van der Waals surface area contributed by atoms with Crippen molar-refractivity contribution >= 4 is 23.2 Å². The van der Waals surface area contributed by atoms with Gasteiger partial charge in [0.2, 0.25) is 0 Å². The van der Waals surface area contributed by atoms with Gasteiger partial charge in [0.1, 0.15) is 5.69 Å². The molecule has 0 atom stereocenters. The van der Waals surface area contributed by atoms with Crippen LogP contribution in [0.5, 0.6) is 5.75 Å². The van der Waals surface area contributed by atoms with Crippen molar-refractivity contribution in [2.45, 2.75) is 13.8 Å². The molecule has 0 saturated heterocycles. The van der Waals surface area contributed by atoms with E-state index in [-0.39, 0.29) is 17.0 Å². The van der Waals surface area contributed by atoms with Gasteiger partial charge in [-0.3, -0.25) is 9.20 Å². The molecule has 0 radical (unpaired) electrons. The normalized spacial score (nSPS) is 11.0. The van der Waals surface area contributed by atoms with Crippen molar-refractivity contribution in [1.29, 1.82) is 0 Å². The molecule has 0 bridgehead atoms. The minimum atomic E-state index is -1.12. The topological polar surface area (TPSA) is 98.7 Å². The molecule has 8 nitrogen and oxygen atoms in total. The van der Waals surface area contributed by atoms with E-state index in [1.54, 1.807) is 42.1 Å². The number of aliphatic carboxylic acids is 1. The fourth-order valence-electron chi connectivity index (χ4n) is 3.25. The number of para-hydroxylation sites is 1. The van der Waals surface area contributed by atoms with E-state index >= 15 is 0 Å². The van der Waals surface area contributed by atoms with Crippen molar-refractivity contribution in [2.75, 3.05) is 6.61 Å². The van der Waals surface area contributed by atoms with Crippen molar-refractivity contribution in [3.8, 4) is 22.7 Å². The lowest BCUT2D eigenvalue weighted by Crippen LogP contribution is -2.20. The summed E-state index contributed by atoms with van der Waals surface area (Å²) in [6.45, 7) is 3.05. The molecule has 0 aliphatic rings. The first kappa shape index (κ1) is 19.7. The summed E-state index contributed by atoms with van der Waals surface area (Å²) >= 11 is 6.30. The number of pyridine rings is 1. The van der Waals surface area contributed by atoms with E-state index in [2.05, 4.69) is 10.1 Å². The molecule has 1 N–H and O–H groups in total. The molecule has 0 aliphatic heterocycles. The summed E-state index contributed by atoms with van der Waals surface area (Å²) in [6.07, 6.45) is 1.55. The number of nitrogens with zero attached hydrogens (tertiary/aromatic N) is 4. The monoisotopic (exact) mass is 424 g/mol. The number of aryl methyl sites for hydroxylation is 2. The van der Waals surface area contributed by atoms with Crippen LogP contribution in [0.2, 0.25) is 5.02 Å². The maximum Gasteiger partial charge on any atom is 0.341 e. The molecule has 4 rings (SSSR count). The highest BCUT2D eigenvalue weighted by molar-refractivity contribution is 6.32. The van der Waals surface area contributed by atoms with Crippen molar-refractivity contribution < 1.29 is 14.6 Å². The Morgan fingerprint density at radius 2 is 1.97 bits per heavy atom. The minimum absolute atomic E-state index is 0.212. The lowest BCUT2D eigenvalue weighted by Gasteiger charge is -2.10. The SMILES string of the molecule is Cc1nc2c(OCC(=O)O)cccn2c(=O)c1-c1cc(C)n(-c2ccccc2Cl)n1. The second kappa shape index (κ2) is 7.64. The molecule has 4 aromatic rings. The van der Waals surface area contributed by atoms with E-state index in [0.29, 0.717) is 27.7 Å². The standard InChI is InChI=1S/C21H17ClN4O4/c1-12-10-15(24-26(12)16-7-4-3-6-14(16)22)19-13(2)23-20-17(30-11-18(27)28)8-5-9-25(20)21(19)29/h3-10H,11H2,1-2H3,(H,27,28). The van der Waals surface area contributed by atoms with E-state index in [4.69, 9.17) is 21.4 Å². The summed E-state index contributed by atoms with van der Waals surface area (Å²) in [5, 5.41) is 14.0. The molecular weight excluding hydrogens is 408 g/mol. The minimum Gasteiger partial charge on any atom is -0.479 e. The lowest BCUT2D eigenvalue weighted by molar-refractivity contribution is -0.139. The summed E-state index contributed by atoms with van der Waals surface area (Å²) in [6, 6.07) is 12.3. The van der Waals surface area contributed by atoms with E-state index in [1.165, 1.54) is 4.40 Å². The average molecular weight is 425 g/mol. The van der Waals surface area contributed by atoms with Crippen LogP contribution < -0.4 is 10.3 Å². The molecule has 0 amide bonds. The lowest BCUT2D eigenvalue weighted by atomic mass is 10.1. The fourth-order valence-corrected chi connectivity index (χ4v) is 3.47. The summed E-state index contributed by atoms with van der Waals surface area (Å²) in [5.41, 5.74) is 2.69. The van der Waals surface area contributed by atoms with E-state index < -0.39 is 12.6 Å². The smallest absolute Gasteiger partial charge is 0.341 e. The molecule has 9 heteroatoms. The second-order valence-corrected chi connectivity index (χ2v) is 7.07. The van der Waals surface area contributed by atoms with E-state index in [1.807, 2.05) is 25.1 Å². The van der Waals surface area contributed by atoms with Crippen LogP contribution in [0.15, 0.2) is 53.5 Å². The third-order valence-corrected chi connectivity index (χ3v) is 4.89. The Bertz CT molecular complexity index is 1340. The van der Waals surface area contributed by atoms with Gasteiger partial charge in [-0.2, -0.15) is 5.10 Å². The van der Waals surface area contributed by atoms with Crippen LogP contribution in [-0.2, 0) is 4.79 Å². The average Bonchev–Trinajstić information content (AvgIpc) is 3.07. The van der Waals surface area contributed by atoms with Crippen molar-refractivity contribution in [3.05, 3.63) is 75.4 Å². The first-order valence-electron chi connectivity index (χ1n) is 9.05. The summed E-state index contributed by atoms with van der Waals surface area (Å²) in [5.74, 6) is -0.905. The largest absolute Gasteiger partial charge is 0.479 e. The highest BCUT2D eigenvalue weighted by Crippen LogP contribution is 2.26. The Hall–Kier alpha value is -3.65. The maximum atomic E-state index is 13.2. The highest BCUT2D eigenvalue weighted by atomic mass is 35.5. The zero-order chi connectivity index (χ0) is 21.4. The number of benzene rings is 1. The number of carboxylic acids is 1. The molecule has 0 aliphatic carbocycles. The zero-order valence-electron chi connectivity index (χ0n) is 16.2. The zero-order valence-corrected chi connectivity index (χ0v) is 16.9. The molecule has 3 aromatic heterocycles. The van der Waals surface area contributed by atoms with Gasteiger partial charge in [-0.05, 0) is 44.2 Å². The molecule has 0 spiro atoms. The predicted molar refractivity (Wildman–Crippen MR) is 112 cm³/mol. The van der Waals surface area contributed by atoms with Gasteiger partial charge in [-0.25, -0.2) is 14.5 Å². The van der Waals surface area contributed by atoms with Crippen molar-refractivity contribution in [1.82, 2.24) is 19.2 Å². The van der Waals surface area contributed by atoms with Gasteiger partial charge in [0.25, 0.3) is 5.56 Å². The van der Waals surface area contributed by atoms with Gasteiger partial charge in [-0.1, -0.05) is 23.7 Å². The van der Waals surface area contributed by atoms with E-state index in [9.17, 15) is 9.59 Å². The van der Waals surface area contributed by atoms with Gasteiger partial charge in [0.05, 0.1) is 22.0 Å². The van der Waals surface area contributed by atoms with Crippen LogP contribution in [0.4, 0.5) is 0 Å². The third kappa shape index (κ3) is 3.42. The fraction of sp³-hybridized carbons (Fsp3) is 0.143. The number of hydrogen-bond donors (Lipinski definition) is 1. The molecule has 3 heterocycles. The summed E-state index contributed by atoms with van der Waals surface area (Å²) < 4.78 is 8.28. The summed E-state index contributed by atoms with van der Waals surface area (Å²) in [4.78, 5) is 28.6. The molecule has 0 fully saturated rings. The van der Waals surface area contributed by atoms with Crippen LogP contribution >= 0.6 is 11.6 Å². The molecule has 0 saturated carbocycles. The number of ether oxygens (including phenoxy) is 1. The van der Waals surface area contributed by atoms with Crippen LogP contribution in [0.3, 0.4) is 0 Å². The van der Waals surface area contributed by atoms with Crippen molar-refractivity contribution in [2.24, 2.45) is 0 Å². The predicted octanol–water partition coefficient (Wildman–Crippen LogP) is 3.28. The molecule has 30 heavy (non-hydrogen) atoms. The Morgan fingerprint density at radius 3 is 2.70 bits per heavy atom. The Morgan fingerprint density at radius 1 is 1.20 bits per heavy atom. The number of aromatic nitrogens is 4. The van der Waals surface area contributed by atoms with Crippen LogP contribution in [0.1, 0.15) is 11.4 Å². The number of rotatable bonds is 5. The molecule has 152 valence electrons. The number of carbonyl (C=O) groups is 1. The van der Waals surface area contributed by atoms with Gasteiger partial charge in [0.15, 0.2) is 18.0 Å². The number of hydrogen-bond acceptors (Lipinski definition) is 5. The summed E-state index contributed by atoms with van der Waals surface area (Å²) in [7, 11) is 0. The van der Waals surface area contributed by atoms with Crippen LogP contribution in [0.25, 0.3) is 22.6 Å². The molecular formula is C21H17ClN4O4. The van der Waals surface area contributed by atoms with Crippen molar-refractivity contribution in [3.63, 3.8) is 0 Å². The van der Waals surface area contributed by atoms with E-state index in [0.717, 1.165) is 5.69 Å². The quantitative estimate of drug-likeness (QED) is 0.528. The number of halogens is 1. The van der Waals surface area contributed by atoms with Crippen LogP contribution in [0, 0.1) is 13.8 Å². The number of carboxylic acid groups (broad SMARTS) is 1. The number of fused-ring (bicyclic) bond motifs is 1. The van der Waals surface area contributed by atoms with Gasteiger partial charge in [0, 0.05) is 11.9 Å². The molecule has 1 aromatic carbocycles. The Labute approximate surface area is 175 Å². The van der Waals surface area contributed by atoms with Crippen LogP contribution in [-0.4, -0.2) is 36.8 Å². The molecule has 0 unspecified atom stereocenters. The third-order valence-electron chi connectivity index (χ3n) is 4.57. The highest BCUT2D eigenvalue weighted by Gasteiger charge is 2.19. The van der Waals surface area contributed by atoms with Gasteiger partial charge in [-0.15, -0.1) is 0 Å². The maximum absolute atomic E-state index is 13.2. The Balaban J connectivity index is 1.87. The Kier molecular flexibility index (Phi) is 5.01. The van der Waals surface area contributed by atoms with Gasteiger partial charge < -0.3 is 9.84 Å². The van der Waals surface area contributed by atoms with Gasteiger partial charge >= 0.3 is 5.97 Å².